The lowest BCUT2D eigenvalue weighted by atomic mass is 10.3. The molecule has 0 aliphatic heterocycles. The lowest BCUT2D eigenvalue weighted by molar-refractivity contribution is 0.0688. The van der Waals surface area contributed by atoms with Crippen LogP contribution in [-0.2, 0) is 0 Å². The Labute approximate surface area is 63.1 Å². The van der Waals surface area contributed by atoms with Gasteiger partial charge in [-0.2, -0.15) is 5.10 Å². The molecule has 0 aliphatic rings. The van der Waals surface area contributed by atoms with E-state index in [1.807, 2.05) is 0 Å². The molecule has 0 amide bonds. The van der Waals surface area contributed by atoms with Gasteiger partial charge in [0.2, 0.25) is 0 Å². The number of aryl methyl sites for hydroxylation is 2. The minimum atomic E-state index is -1.07. The van der Waals surface area contributed by atoms with E-state index in [0.29, 0.717) is 11.5 Å². The molecule has 1 aromatic rings. The summed E-state index contributed by atoms with van der Waals surface area (Å²) in [7, 11) is 0. The number of aromatic nitrogens is 3. The van der Waals surface area contributed by atoms with Gasteiger partial charge in [0.15, 0.2) is 5.69 Å². The fourth-order valence-electron chi connectivity index (χ4n) is 0.662. The van der Waals surface area contributed by atoms with Crippen molar-refractivity contribution in [1.82, 2.24) is 15.2 Å². The summed E-state index contributed by atoms with van der Waals surface area (Å²) in [5.41, 5.74) is 0.306. The molecule has 11 heavy (non-hydrogen) atoms. The number of carbonyl (C=O) groups is 1. The van der Waals surface area contributed by atoms with Crippen molar-refractivity contribution in [1.29, 1.82) is 0 Å². The van der Waals surface area contributed by atoms with Crippen LogP contribution in [0.2, 0.25) is 0 Å². The first-order valence-electron chi connectivity index (χ1n) is 3.02. The Morgan fingerprint density at radius 2 is 2.00 bits per heavy atom. The first kappa shape index (κ1) is 7.59. The lowest BCUT2D eigenvalue weighted by Crippen LogP contribution is -2.08. The predicted molar refractivity (Wildman–Crippen MR) is 36.3 cm³/mol. The van der Waals surface area contributed by atoms with Gasteiger partial charge in [-0.3, -0.25) is 0 Å². The molecule has 1 rings (SSSR count). The van der Waals surface area contributed by atoms with Gasteiger partial charge in [-0.15, -0.1) is 5.10 Å². The van der Waals surface area contributed by atoms with E-state index in [-0.39, 0.29) is 5.69 Å². The molecule has 1 N–H and O–H groups in total. The van der Waals surface area contributed by atoms with Gasteiger partial charge >= 0.3 is 5.97 Å². The zero-order valence-electron chi connectivity index (χ0n) is 6.20. The van der Waals surface area contributed by atoms with Gasteiger partial charge in [0.25, 0.3) is 0 Å². The summed E-state index contributed by atoms with van der Waals surface area (Å²) in [6.07, 6.45) is 0. The molecule has 1 aromatic heterocycles. The highest BCUT2D eigenvalue weighted by molar-refractivity contribution is 5.86. The van der Waals surface area contributed by atoms with Crippen LogP contribution in [0.3, 0.4) is 0 Å². The predicted octanol–water partition coefficient (Wildman–Crippen LogP) is 0.187. The van der Waals surface area contributed by atoms with E-state index in [4.69, 9.17) is 5.11 Å². The summed E-state index contributed by atoms with van der Waals surface area (Å²) in [5.74, 6) is -0.700. The Balaban J connectivity index is 3.23. The molecule has 1 heterocycles. The van der Waals surface area contributed by atoms with E-state index >= 15 is 0 Å². The maximum Gasteiger partial charge on any atom is 0.356 e. The van der Waals surface area contributed by atoms with Crippen LogP contribution >= 0.6 is 0 Å². The molecule has 5 nitrogen and oxygen atoms in total. The van der Waals surface area contributed by atoms with Crippen molar-refractivity contribution < 1.29 is 9.90 Å². The van der Waals surface area contributed by atoms with Gasteiger partial charge in [-0.1, -0.05) is 0 Å². The SMILES string of the molecule is Cc1nnc(C)c(C(=O)O)n1. The van der Waals surface area contributed by atoms with E-state index < -0.39 is 5.97 Å². The molecule has 0 spiro atoms. The molecule has 58 valence electrons. The van der Waals surface area contributed by atoms with Gasteiger partial charge in [-0.05, 0) is 13.8 Å². The Morgan fingerprint density at radius 1 is 1.36 bits per heavy atom. The molecular weight excluding hydrogens is 146 g/mol. The maximum absolute atomic E-state index is 10.4. The molecule has 0 fully saturated rings. The van der Waals surface area contributed by atoms with E-state index in [9.17, 15) is 4.79 Å². The number of carboxylic acids is 1. The Hall–Kier alpha value is -1.52. The number of hydrogen-bond donors (Lipinski definition) is 1. The first-order valence-corrected chi connectivity index (χ1v) is 3.02. The molecular formula is C6H7N3O2. The third-order valence-electron chi connectivity index (χ3n) is 1.16. The van der Waals surface area contributed by atoms with Crippen molar-refractivity contribution in [3.8, 4) is 0 Å². The fourth-order valence-corrected chi connectivity index (χ4v) is 0.662. The second kappa shape index (κ2) is 2.61. The summed E-state index contributed by atoms with van der Waals surface area (Å²) >= 11 is 0. The van der Waals surface area contributed by atoms with Crippen LogP contribution < -0.4 is 0 Å². The Kier molecular flexibility index (Phi) is 1.80. The molecule has 0 bridgehead atoms. The van der Waals surface area contributed by atoms with Gasteiger partial charge in [0, 0.05) is 0 Å². The molecule has 0 saturated heterocycles. The van der Waals surface area contributed by atoms with Gasteiger partial charge < -0.3 is 5.11 Å². The highest BCUT2D eigenvalue weighted by Gasteiger charge is 2.09. The average Bonchev–Trinajstić information content (AvgIpc) is 1.94. The number of nitrogens with zero attached hydrogens (tertiary/aromatic N) is 3. The van der Waals surface area contributed by atoms with E-state index in [0.717, 1.165) is 0 Å². The largest absolute Gasteiger partial charge is 0.476 e. The molecule has 0 radical (unpaired) electrons. The van der Waals surface area contributed by atoms with Crippen molar-refractivity contribution in [2.24, 2.45) is 0 Å². The summed E-state index contributed by atoms with van der Waals surface area (Å²) in [4.78, 5) is 14.1. The third kappa shape index (κ3) is 1.49. The van der Waals surface area contributed by atoms with Crippen molar-refractivity contribution in [3.63, 3.8) is 0 Å². The van der Waals surface area contributed by atoms with Gasteiger partial charge in [0.1, 0.15) is 5.82 Å². The summed E-state index contributed by atoms with van der Waals surface area (Å²) in [5, 5.41) is 15.8. The molecule has 0 aliphatic carbocycles. The highest BCUT2D eigenvalue weighted by atomic mass is 16.4. The van der Waals surface area contributed by atoms with Crippen LogP contribution in [0.5, 0.6) is 0 Å². The Bertz CT molecular complexity index is 298. The monoisotopic (exact) mass is 153 g/mol. The summed E-state index contributed by atoms with van der Waals surface area (Å²) in [6, 6.07) is 0. The van der Waals surface area contributed by atoms with Crippen LogP contribution in [0, 0.1) is 13.8 Å². The van der Waals surface area contributed by atoms with Crippen molar-refractivity contribution >= 4 is 5.97 Å². The standard InChI is InChI=1S/C6H7N3O2/c1-3-5(6(10)11)7-4(2)9-8-3/h1-2H3,(H,10,11). The van der Waals surface area contributed by atoms with E-state index in [1.165, 1.54) is 0 Å². The summed E-state index contributed by atoms with van der Waals surface area (Å²) in [6.45, 7) is 3.15. The zero-order chi connectivity index (χ0) is 8.43. The first-order chi connectivity index (χ1) is 5.11. The molecule has 0 unspecified atom stereocenters. The normalized spacial score (nSPS) is 9.64. The van der Waals surface area contributed by atoms with Crippen molar-refractivity contribution in [2.45, 2.75) is 13.8 Å². The minimum absolute atomic E-state index is 0.0301. The zero-order valence-corrected chi connectivity index (χ0v) is 6.20. The van der Waals surface area contributed by atoms with E-state index in [1.54, 1.807) is 13.8 Å². The number of aromatic carboxylic acids is 1. The van der Waals surface area contributed by atoms with Gasteiger partial charge in [-0.25, -0.2) is 9.78 Å². The average molecular weight is 153 g/mol. The molecule has 0 atom stereocenters. The number of rotatable bonds is 1. The third-order valence-corrected chi connectivity index (χ3v) is 1.16. The molecule has 5 heteroatoms. The summed E-state index contributed by atoms with van der Waals surface area (Å²) < 4.78 is 0. The van der Waals surface area contributed by atoms with Crippen molar-refractivity contribution in [2.75, 3.05) is 0 Å². The maximum atomic E-state index is 10.4. The topological polar surface area (TPSA) is 76.0 Å². The number of hydrogen-bond acceptors (Lipinski definition) is 4. The lowest BCUT2D eigenvalue weighted by Gasteiger charge is -1.96. The van der Waals surface area contributed by atoms with Crippen molar-refractivity contribution in [3.05, 3.63) is 17.2 Å². The molecule has 0 saturated carbocycles. The number of carboxylic acid groups (broad SMARTS) is 1. The molecule has 0 aromatic carbocycles. The second-order valence-corrected chi connectivity index (χ2v) is 2.10. The van der Waals surface area contributed by atoms with Gasteiger partial charge in [0.05, 0.1) is 5.69 Å². The smallest absolute Gasteiger partial charge is 0.356 e. The Morgan fingerprint density at radius 3 is 2.45 bits per heavy atom. The highest BCUT2D eigenvalue weighted by Crippen LogP contribution is 1.98. The van der Waals surface area contributed by atoms with Crippen LogP contribution in [-0.4, -0.2) is 26.3 Å². The second-order valence-electron chi connectivity index (χ2n) is 2.10. The fraction of sp³-hybridized carbons (Fsp3) is 0.333. The quantitative estimate of drug-likeness (QED) is 0.623. The van der Waals surface area contributed by atoms with E-state index in [2.05, 4.69) is 15.2 Å². The minimum Gasteiger partial charge on any atom is -0.476 e. The van der Waals surface area contributed by atoms with Crippen LogP contribution in [0.1, 0.15) is 22.0 Å². The van der Waals surface area contributed by atoms with Crippen LogP contribution in [0.25, 0.3) is 0 Å². The van der Waals surface area contributed by atoms with Crippen LogP contribution in [0.4, 0.5) is 0 Å². The van der Waals surface area contributed by atoms with Crippen LogP contribution in [0.15, 0.2) is 0 Å².